The average Bonchev–Trinajstić information content (AvgIpc) is 2.28. The predicted molar refractivity (Wildman–Crippen MR) is 62.7 cm³/mol. The summed E-state index contributed by atoms with van der Waals surface area (Å²) in [6, 6.07) is 1.15. The van der Waals surface area contributed by atoms with Crippen LogP contribution in [0.25, 0.3) is 0 Å². The fourth-order valence-electron chi connectivity index (χ4n) is 1.18. The Morgan fingerprint density at radius 2 is 2.22 bits per heavy atom. The van der Waals surface area contributed by atoms with Gasteiger partial charge in [0, 0.05) is 12.8 Å². The number of carboxylic acids is 1. The molecule has 0 saturated heterocycles. The number of nitrogens with zero attached hydrogens (tertiary/aromatic N) is 1. The van der Waals surface area contributed by atoms with Crippen LogP contribution in [0.4, 0.5) is 0 Å². The zero-order chi connectivity index (χ0) is 13.8. The molecular formula is C9H11ClN2O5S. The third kappa shape index (κ3) is 3.64. The number of aliphatic hydroxyl groups is 1. The van der Waals surface area contributed by atoms with Gasteiger partial charge >= 0.3 is 5.97 Å². The lowest BCUT2D eigenvalue weighted by Crippen LogP contribution is -2.41. The molecule has 0 aliphatic carbocycles. The first-order valence-corrected chi connectivity index (χ1v) is 6.71. The summed E-state index contributed by atoms with van der Waals surface area (Å²) < 4.78 is 25.7. The molecule has 1 atom stereocenters. The van der Waals surface area contributed by atoms with Gasteiger partial charge in [0.25, 0.3) is 0 Å². The summed E-state index contributed by atoms with van der Waals surface area (Å²) in [5, 5.41) is 17.2. The molecule has 3 N–H and O–H groups in total. The molecule has 1 aromatic heterocycles. The summed E-state index contributed by atoms with van der Waals surface area (Å²) in [6.07, 6.45) is 1.07. The molecule has 1 aromatic rings. The summed E-state index contributed by atoms with van der Waals surface area (Å²) in [4.78, 5) is 14.1. The van der Waals surface area contributed by atoms with Gasteiger partial charge in [0.15, 0.2) is 0 Å². The summed E-state index contributed by atoms with van der Waals surface area (Å²) in [6.45, 7) is -0.458. The zero-order valence-electron chi connectivity index (χ0n) is 9.08. The lowest BCUT2D eigenvalue weighted by Gasteiger charge is -2.13. The van der Waals surface area contributed by atoms with E-state index in [0.29, 0.717) is 0 Å². The number of halogens is 1. The number of hydrogen-bond acceptors (Lipinski definition) is 5. The molecule has 0 radical (unpaired) electrons. The molecule has 1 heterocycles. The van der Waals surface area contributed by atoms with Gasteiger partial charge in [-0.05, 0) is 18.6 Å². The van der Waals surface area contributed by atoms with Gasteiger partial charge in [-0.1, -0.05) is 11.6 Å². The van der Waals surface area contributed by atoms with E-state index in [-0.39, 0.29) is 16.5 Å². The zero-order valence-corrected chi connectivity index (χ0v) is 10.6. The van der Waals surface area contributed by atoms with Crippen molar-refractivity contribution in [2.45, 2.75) is 17.4 Å². The van der Waals surface area contributed by atoms with E-state index in [1.165, 1.54) is 18.3 Å². The van der Waals surface area contributed by atoms with Crippen LogP contribution in [0.1, 0.15) is 6.42 Å². The molecule has 0 aliphatic heterocycles. The molecule has 0 unspecified atom stereocenters. The van der Waals surface area contributed by atoms with E-state index < -0.39 is 28.6 Å². The van der Waals surface area contributed by atoms with Gasteiger partial charge in [-0.2, -0.15) is 4.72 Å². The molecule has 0 spiro atoms. The Labute approximate surface area is 108 Å². The molecule has 0 saturated carbocycles. The third-order valence-corrected chi connectivity index (χ3v) is 3.94. The van der Waals surface area contributed by atoms with Crippen LogP contribution >= 0.6 is 11.6 Å². The number of rotatable bonds is 6. The second-order valence-corrected chi connectivity index (χ2v) is 5.36. The Kier molecular flexibility index (Phi) is 5.03. The minimum atomic E-state index is -4.09. The predicted octanol–water partition coefficient (Wildman–Crippen LogP) is -0.151. The van der Waals surface area contributed by atoms with Crippen LogP contribution in [0.2, 0.25) is 5.15 Å². The summed E-state index contributed by atoms with van der Waals surface area (Å²) in [5.74, 6) is -1.38. The summed E-state index contributed by atoms with van der Waals surface area (Å²) >= 11 is 5.62. The Morgan fingerprint density at radius 1 is 1.56 bits per heavy atom. The molecule has 0 aromatic carbocycles. The lowest BCUT2D eigenvalue weighted by molar-refractivity contribution is -0.139. The van der Waals surface area contributed by atoms with E-state index in [0.717, 1.165) is 0 Å². The number of aliphatic carboxylic acids is 1. The first-order valence-electron chi connectivity index (χ1n) is 4.85. The van der Waals surface area contributed by atoms with E-state index in [1.54, 1.807) is 0 Å². The van der Waals surface area contributed by atoms with Crippen molar-refractivity contribution < 1.29 is 23.4 Å². The minimum absolute atomic E-state index is 0.244. The van der Waals surface area contributed by atoms with Crippen LogP contribution < -0.4 is 4.72 Å². The first kappa shape index (κ1) is 14.8. The molecule has 0 amide bonds. The largest absolute Gasteiger partial charge is 0.480 e. The van der Waals surface area contributed by atoms with Crippen molar-refractivity contribution in [2.75, 3.05) is 6.61 Å². The molecular weight excluding hydrogens is 284 g/mol. The van der Waals surface area contributed by atoms with Gasteiger partial charge in [0.2, 0.25) is 10.0 Å². The topological polar surface area (TPSA) is 117 Å². The second-order valence-electron chi connectivity index (χ2n) is 3.32. The van der Waals surface area contributed by atoms with Crippen LogP contribution in [0.3, 0.4) is 0 Å². The number of aromatic nitrogens is 1. The van der Waals surface area contributed by atoms with Crippen LogP contribution in [0, 0.1) is 0 Å². The van der Waals surface area contributed by atoms with Gasteiger partial charge in [0.05, 0.1) is 0 Å². The van der Waals surface area contributed by atoms with Gasteiger partial charge in [0.1, 0.15) is 16.1 Å². The molecule has 9 heteroatoms. The molecule has 0 aliphatic rings. The van der Waals surface area contributed by atoms with E-state index in [9.17, 15) is 13.2 Å². The number of nitrogens with one attached hydrogen (secondary N) is 1. The first-order chi connectivity index (χ1) is 8.38. The highest BCUT2D eigenvalue weighted by Crippen LogP contribution is 2.18. The van der Waals surface area contributed by atoms with E-state index >= 15 is 0 Å². The van der Waals surface area contributed by atoms with Crippen molar-refractivity contribution >= 4 is 27.6 Å². The number of carboxylic acid groups (broad SMARTS) is 1. The van der Waals surface area contributed by atoms with E-state index in [4.69, 9.17) is 21.8 Å². The minimum Gasteiger partial charge on any atom is -0.480 e. The smallest absolute Gasteiger partial charge is 0.321 e. The highest BCUT2D eigenvalue weighted by atomic mass is 35.5. The van der Waals surface area contributed by atoms with Crippen LogP contribution in [0.15, 0.2) is 23.2 Å². The molecule has 1 rings (SSSR count). The number of pyridine rings is 1. The lowest BCUT2D eigenvalue weighted by atomic mass is 10.2. The number of sulfonamides is 1. The quantitative estimate of drug-likeness (QED) is 0.628. The fraction of sp³-hybridized carbons (Fsp3) is 0.333. The number of aliphatic hydroxyl groups excluding tert-OH is 1. The van der Waals surface area contributed by atoms with Crippen molar-refractivity contribution in [3.8, 4) is 0 Å². The van der Waals surface area contributed by atoms with Crippen molar-refractivity contribution in [3.63, 3.8) is 0 Å². The molecule has 18 heavy (non-hydrogen) atoms. The maximum Gasteiger partial charge on any atom is 0.321 e. The number of carbonyl (C=O) groups is 1. The monoisotopic (exact) mass is 294 g/mol. The SMILES string of the molecule is O=C(O)[C@H](CCO)NS(=O)(=O)c1cccnc1Cl. The Morgan fingerprint density at radius 3 is 2.72 bits per heavy atom. The Bertz CT molecular complexity index is 534. The van der Waals surface area contributed by atoms with Gasteiger partial charge in [-0.3, -0.25) is 4.79 Å². The van der Waals surface area contributed by atoms with Crippen molar-refractivity contribution in [3.05, 3.63) is 23.5 Å². The van der Waals surface area contributed by atoms with Crippen molar-refractivity contribution in [1.29, 1.82) is 0 Å². The fourth-order valence-corrected chi connectivity index (χ4v) is 2.86. The Balaban J connectivity index is 3.01. The van der Waals surface area contributed by atoms with Crippen LogP contribution in [-0.4, -0.2) is 42.2 Å². The standard InChI is InChI=1S/C9H11ClN2O5S/c10-8-7(2-1-4-11-8)18(16,17)12-6(3-5-13)9(14)15/h1-2,4,6,12-13H,3,5H2,(H,14,15)/t6-/m0/s1. The van der Waals surface area contributed by atoms with Crippen molar-refractivity contribution in [1.82, 2.24) is 9.71 Å². The molecule has 0 bridgehead atoms. The maximum absolute atomic E-state index is 11.9. The molecule has 7 nitrogen and oxygen atoms in total. The normalized spacial score (nSPS) is 13.2. The van der Waals surface area contributed by atoms with Crippen LogP contribution in [0.5, 0.6) is 0 Å². The highest BCUT2D eigenvalue weighted by Gasteiger charge is 2.26. The van der Waals surface area contributed by atoms with Crippen molar-refractivity contribution in [2.24, 2.45) is 0 Å². The average molecular weight is 295 g/mol. The number of hydrogen-bond donors (Lipinski definition) is 3. The highest BCUT2D eigenvalue weighted by molar-refractivity contribution is 7.89. The van der Waals surface area contributed by atoms with E-state index in [1.807, 2.05) is 4.72 Å². The van der Waals surface area contributed by atoms with Gasteiger partial charge in [-0.25, -0.2) is 13.4 Å². The second kappa shape index (κ2) is 6.10. The summed E-state index contributed by atoms with van der Waals surface area (Å²) in [5.41, 5.74) is 0. The van der Waals surface area contributed by atoms with E-state index in [2.05, 4.69) is 4.98 Å². The molecule has 0 fully saturated rings. The van der Waals surface area contributed by atoms with Gasteiger partial charge in [-0.15, -0.1) is 0 Å². The third-order valence-electron chi connectivity index (χ3n) is 2.03. The Hall–Kier alpha value is -1.22. The van der Waals surface area contributed by atoms with Gasteiger partial charge < -0.3 is 10.2 Å². The van der Waals surface area contributed by atoms with Crippen LogP contribution in [-0.2, 0) is 14.8 Å². The molecule has 100 valence electrons. The summed E-state index contributed by atoms with van der Waals surface area (Å²) in [7, 11) is -4.09. The maximum atomic E-state index is 11.9.